The lowest BCUT2D eigenvalue weighted by molar-refractivity contribution is 0.182. The van der Waals surface area contributed by atoms with Crippen molar-refractivity contribution < 1.29 is 9.90 Å². The minimum absolute atomic E-state index is 0.0247. The van der Waals surface area contributed by atoms with Crippen LogP contribution in [0.15, 0.2) is 17.2 Å². The van der Waals surface area contributed by atoms with Gasteiger partial charge in [0.1, 0.15) is 0 Å². The number of nitrogens with one attached hydrogen (secondary N) is 1. The summed E-state index contributed by atoms with van der Waals surface area (Å²) in [4.78, 5) is 32.4. The van der Waals surface area contributed by atoms with E-state index in [1.165, 1.54) is 0 Å². The molecule has 2 aliphatic carbocycles. The number of carboxylic acid groups (broad SMARTS) is 1. The Kier molecular flexibility index (Phi) is 3.32. The van der Waals surface area contributed by atoms with E-state index in [1.54, 1.807) is 21.5 Å². The van der Waals surface area contributed by atoms with Gasteiger partial charge in [-0.1, -0.05) is 0 Å². The van der Waals surface area contributed by atoms with Crippen molar-refractivity contribution in [2.24, 2.45) is 0 Å². The quantitative estimate of drug-likeness (QED) is 0.896. The summed E-state index contributed by atoms with van der Waals surface area (Å²) in [5.74, 6) is 0. The normalized spacial score (nSPS) is 24.7. The first-order chi connectivity index (χ1) is 11.1. The van der Waals surface area contributed by atoms with E-state index in [1.807, 2.05) is 0 Å². The molecule has 4 rings (SSSR count). The molecule has 0 atom stereocenters. The number of rotatable bonds is 3. The number of nitrogens with zero attached hydrogens (tertiary/aromatic N) is 4. The first-order valence-corrected chi connectivity index (χ1v) is 8.08. The van der Waals surface area contributed by atoms with E-state index in [2.05, 4.69) is 15.3 Å². The maximum Gasteiger partial charge on any atom is 0.404 e. The predicted molar refractivity (Wildman–Crippen MR) is 82.5 cm³/mol. The minimum atomic E-state index is -0.984. The first-order valence-electron chi connectivity index (χ1n) is 8.08. The Hall–Kier alpha value is -2.38. The Labute approximate surface area is 132 Å². The third-order valence-electron chi connectivity index (χ3n) is 4.83. The average Bonchev–Trinajstić information content (AvgIpc) is 3.31. The third-order valence-corrected chi connectivity index (χ3v) is 4.83. The molecule has 0 aromatic carbocycles. The number of carbonyl (C=O) groups is 1. The standard InChI is InChI=1S/C15H19N5O3/c21-14(22)18-9-1-3-10(4-2-9)19-12-13(17-8-7-16-12)20(15(19)23)11-5-6-11/h7-11,18H,1-6H2,(H,21,22). The molecular weight excluding hydrogens is 298 g/mol. The van der Waals surface area contributed by atoms with E-state index in [0.717, 1.165) is 38.5 Å². The summed E-state index contributed by atoms with van der Waals surface area (Å²) in [5.41, 5.74) is 1.30. The molecule has 2 N–H and O–H groups in total. The van der Waals surface area contributed by atoms with E-state index in [4.69, 9.17) is 5.11 Å². The third kappa shape index (κ3) is 2.47. The summed E-state index contributed by atoms with van der Waals surface area (Å²) in [5, 5.41) is 11.4. The molecule has 2 aliphatic rings. The molecule has 8 nitrogen and oxygen atoms in total. The van der Waals surface area contributed by atoms with Crippen molar-refractivity contribution in [2.75, 3.05) is 0 Å². The van der Waals surface area contributed by atoms with Gasteiger partial charge in [0.25, 0.3) is 0 Å². The highest BCUT2D eigenvalue weighted by molar-refractivity contribution is 5.67. The Morgan fingerprint density at radius 3 is 1.91 bits per heavy atom. The molecule has 0 radical (unpaired) electrons. The zero-order chi connectivity index (χ0) is 16.0. The fraction of sp³-hybridized carbons (Fsp3) is 0.600. The maximum absolute atomic E-state index is 12.9. The van der Waals surface area contributed by atoms with Crippen molar-refractivity contribution in [1.82, 2.24) is 24.4 Å². The molecule has 2 aromatic rings. The van der Waals surface area contributed by atoms with Crippen molar-refractivity contribution in [3.05, 3.63) is 22.9 Å². The summed E-state index contributed by atoms with van der Waals surface area (Å²) >= 11 is 0. The summed E-state index contributed by atoms with van der Waals surface area (Å²) < 4.78 is 3.56. The summed E-state index contributed by atoms with van der Waals surface area (Å²) in [6.45, 7) is 0. The lowest BCUT2D eigenvalue weighted by Gasteiger charge is -2.28. The van der Waals surface area contributed by atoms with Crippen molar-refractivity contribution >= 4 is 17.4 Å². The number of aromatic nitrogens is 4. The zero-order valence-electron chi connectivity index (χ0n) is 12.7. The van der Waals surface area contributed by atoms with Gasteiger partial charge in [-0.2, -0.15) is 0 Å². The average molecular weight is 317 g/mol. The van der Waals surface area contributed by atoms with Crippen LogP contribution in [0.1, 0.15) is 50.6 Å². The molecular formula is C15H19N5O3. The largest absolute Gasteiger partial charge is 0.465 e. The topological polar surface area (TPSA) is 102 Å². The van der Waals surface area contributed by atoms with Gasteiger partial charge in [0.15, 0.2) is 11.3 Å². The van der Waals surface area contributed by atoms with Crippen LogP contribution >= 0.6 is 0 Å². The van der Waals surface area contributed by atoms with Crippen molar-refractivity contribution in [3.63, 3.8) is 0 Å². The van der Waals surface area contributed by atoms with Crippen molar-refractivity contribution in [1.29, 1.82) is 0 Å². The van der Waals surface area contributed by atoms with E-state index in [-0.39, 0.29) is 23.8 Å². The van der Waals surface area contributed by atoms with Crippen molar-refractivity contribution in [2.45, 2.75) is 56.7 Å². The van der Waals surface area contributed by atoms with Crippen LogP contribution in [0.25, 0.3) is 11.3 Å². The van der Waals surface area contributed by atoms with Crippen LogP contribution in [0.2, 0.25) is 0 Å². The molecule has 0 saturated heterocycles. The SMILES string of the molecule is O=C(O)NC1CCC(n2c(=O)n(C3CC3)c3nccnc32)CC1. The molecule has 0 spiro atoms. The Balaban J connectivity index is 1.66. The molecule has 2 fully saturated rings. The Morgan fingerprint density at radius 2 is 1.48 bits per heavy atom. The van der Waals surface area contributed by atoms with Gasteiger partial charge in [0.2, 0.25) is 0 Å². The van der Waals surface area contributed by atoms with Gasteiger partial charge in [-0.25, -0.2) is 19.6 Å². The van der Waals surface area contributed by atoms with Crippen LogP contribution < -0.4 is 11.0 Å². The second-order valence-electron chi connectivity index (χ2n) is 6.41. The molecule has 2 heterocycles. The fourth-order valence-corrected chi connectivity index (χ4v) is 3.60. The molecule has 8 heteroatoms. The van der Waals surface area contributed by atoms with Gasteiger partial charge >= 0.3 is 11.8 Å². The van der Waals surface area contributed by atoms with Crippen LogP contribution in [0, 0.1) is 0 Å². The fourth-order valence-electron chi connectivity index (χ4n) is 3.60. The number of imidazole rings is 1. The summed E-state index contributed by atoms with van der Waals surface area (Å²) in [6, 6.07) is 0.295. The van der Waals surface area contributed by atoms with Gasteiger partial charge in [0.05, 0.1) is 0 Å². The molecule has 2 saturated carbocycles. The number of amides is 1. The second-order valence-corrected chi connectivity index (χ2v) is 6.41. The molecule has 122 valence electrons. The highest BCUT2D eigenvalue weighted by atomic mass is 16.4. The maximum atomic E-state index is 12.9. The smallest absolute Gasteiger partial charge is 0.404 e. The van der Waals surface area contributed by atoms with Crippen LogP contribution in [-0.2, 0) is 0 Å². The van der Waals surface area contributed by atoms with E-state index in [9.17, 15) is 9.59 Å². The van der Waals surface area contributed by atoms with Gasteiger partial charge in [-0.15, -0.1) is 0 Å². The van der Waals surface area contributed by atoms with Gasteiger partial charge in [-0.3, -0.25) is 9.13 Å². The lowest BCUT2D eigenvalue weighted by atomic mass is 9.91. The lowest BCUT2D eigenvalue weighted by Crippen LogP contribution is -2.38. The summed E-state index contributed by atoms with van der Waals surface area (Å²) in [6.07, 6.45) is 7.30. The number of hydrogen-bond acceptors (Lipinski definition) is 4. The highest BCUT2D eigenvalue weighted by Crippen LogP contribution is 2.37. The van der Waals surface area contributed by atoms with Crippen LogP contribution in [0.5, 0.6) is 0 Å². The van der Waals surface area contributed by atoms with E-state index in [0.29, 0.717) is 11.3 Å². The van der Waals surface area contributed by atoms with Gasteiger partial charge in [-0.05, 0) is 38.5 Å². The van der Waals surface area contributed by atoms with Crippen LogP contribution in [0.4, 0.5) is 4.79 Å². The molecule has 1 amide bonds. The minimum Gasteiger partial charge on any atom is -0.465 e. The molecule has 23 heavy (non-hydrogen) atoms. The number of hydrogen-bond donors (Lipinski definition) is 2. The predicted octanol–water partition coefficient (Wildman–Crippen LogP) is 1.68. The zero-order valence-corrected chi connectivity index (χ0v) is 12.7. The summed E-state index contributed by atoms with van der Waals surface area (Å²) in [7, 11) is 0. The Morgan fingerprint density at radius 1 is 1.00 bits per heavy atom. The van der Waals surface area contributed by atoms with Crippen LogP contribution in [0.3, 0.4) is 0 Å². The molecule has 0 bridgehead atoms. The van der Waals surface area contributed by atoms with Crippen molar-refractivity contribution in [3.8, 4) is 0 Å². The first kappa shape index (κ1) is 14.2. The Bertz CT molecular complexity index is 799. The van der Waals surface area contributed by atoms with E-state index < -0.39 is 6.09 Å². The van der Waals surface area contributed by atoms with Gasteiger partial charge < -0.3 is 10.4 Å². The van der Waals surface area contributed by atoms with Gasteiger partial charge in [0, 0.05) is 30.5 Å². The second kappa shape index (κ2) is 5.36. The van der Waals surface area contributed by atoms with E-state index >= 15 is 0 Å². The van der Waals surface area contributed by atoms with Crippen LogP contribution in [-0.4, -0.2) is 36.3 Å². The molecule has 2 aromatic heterocycles. The number of fused-ring (bicyclic) bond motifs is 1. The monoisotopic (exact) mass is 317 g/mol. The molecule has 0 unspecified atom stereocenters. The highest BCUT2D eigenvalue weighted by Gasteiger charge is 2.33. The molecule has 0 aliphatic heterocycles.